The summed E-state index contributed by atoms with van der Waals surface area (Å²) in [6.07, 6.45) is 0.579. The molecule has 0 atom stereocenters. The summed E-state index contributed by atoms with van der Waals surface area (Å²) in [6, 6.07) is 15.5. The molecule has 2 aromatic carbocycles. The smallest absolute Gasteiger partial charge is 0.269 e. The lowest BCUT2D eigenvalue weighted by atomic mass is 9.94. The number of H-pyrrole nitrogens is 1. The number of ether oxygens (including phenoxy) is 1. The lowest BCUT2D eigenvalue weighted by molar-refractivity contribution is 0.0908. The van der Waals surface area contributed by atoms with Gasteiger partial charge >= 0.3 is 0 Å². The van der Waals surface area contributed by atoms with E-state index in [4.69, 9.17) is 4.74 Å². The second-order valence-electron chi connectivity index (χ2n) is 7.04. The average Bonchev–Trinajstić information content (AvgIpc) is 3.13. The molecule has 3 aromatic rings. The molecule has 1 amide bonds. The lowest BCUT2D eigenvalue weighted by Crippen LogP contribution is -2.45. The Hall–Kier alpha value is -3.15. The number of halogens is 1. The van der Waals surface area contributed by atoms with Crippen molar-refractivity contribution >= 4 is 5.91 Å². The summed E-state index contributed by atoms with van der Waals surface area (Å²) in [5.74, 6) is 0.203. The highest BCUT2D eigenvalue weighted by Crippen LogP contribution is 2.23. The number of hydrogen-bond acceptors (Lipinski definition) is 3. The molecule has 0 saturated heterocycles. The lowest BCUT2D eigenvalue weighted by Gasteiger charge is -2.26. The van der Waals surface area contributed by atoms with Crippen molar-refractivity contribution in [3.63, 3.8) is 0 Å². The SMILES string of the molecule is COc1cccc(-c2cc(C(=O)NC(C)(C)Cc3ccc(F)cc3)[nH]n2)c1. The van der Waals surface area contributed by atoms with Crippen LogP contribution < -0.4 is 10.1 Å². The van der Waals surface area contributed by atoms with E-state index in [1.807, 2.05) is 38.1 Å². The van der Waals surface area contributed by atoms with Crippen LogP contribution >= 0.6 is 0 Å². The zero-order chi connectivity index (χ0) is 19.4. The molecule has 0 bridgehead atoms. The summed E-state index contributed by atoms with van der Waals surface area (Å²) in [5.41, 5.74) is 2.34. The molecular formula is C21H22FN3O2. The van der Waals surface area contributed by atoms with Gasteiger partial charge in [-0.15, -0.1) is 0 Å². The van der Waals surface area contributed by atoms with Gasteiger partial charge in [0.2, 0.25) is 0 Å². The van der Waals surface area contributed by atoms with Crippen LogP contribution in [0.15, 0.2) is 54.6 Å². The Morgan fingerprint density at radius 2 is 1.93 bits per heavy atom. The summed E-state index contributed by atoms with van der Waals surface area (Å²) in [5, 5.41) is 10.0. The number of nitrogens with zero attached hydrogens (tertiary/aromatic N) is 1. The standard InChI is InChI=1S/C21H22FN3O2/c1-21(2,13-14-7-9-16(22)10-8-14)23-20(26)19-12-18(24-25-19)15-5-4-6-17(11-15)27-3/h4-12H,13H2,1-3H3,(H,23,26)(H,24,25). The van der Waals surface area contributed by atoms with Crippen LogP contribution in [-0.2, 0) is 6.42 Å². The molecule has 0 radical (unpaired) electrons. The van der Waals surface area contributed by atoms with Crippen molar-refractivity contribution in [1.29, 1.82) is 0 Å². The van der Waals surface area contributed by atoms with E-state index in [2.05, 4.69) is 15.5 Å². The van der Waals surface area contributed by atoms with E-state index >= 15 is 0 Å². The first kappa shape index (κ1) is 18.6. The van der Waals surface area contributed by atoms with Gasteiger partial charge in [-0.25, -0.2) is 4.39 Å². The van der Waals surface area contributed by atoms with Gasteiger partial charge in [0.15, 0.2) is 0 Å². The van der Waals surface area contributed by atoms with Crippen LogP contribution in [0, 0.1) is 5.82 Å². The van der Waals surface area contributed by atoms with Gasteiger partial charge in [-0.1, -0.05) is 24.3 Å². The molecule has 140 valence electrons. The Kier molecular flexibility index (Phi) is 5.26. The fraction of sp³-hybridized carbons (Fsp3) is 0.238. The number of aromatic amines is 1. The molecule has 0 aliphatic rings. The van der Waals surface area contributed by atoms with E-state index in [0.717, 1.165) is 16.9 Å². The van der Waals surface area contributed by atoms with Crippen molar-refractivity contribution in [1.82, 2.24) is 15.5 Å². The number of methoxy groups -OCH3 is 1. The summed E-state index contributed by atoms with van der Waals surface area (Å²) in [6.45, 7) is 3.85. The molecule has 0 aliphatic carbocycles. The fourth-order valence-electron chi connectivity index (χ4n) is 2.90. The first-order valence-electron chi connectivity index (χ1n) is 8.63. The number of hydrogen-bond donors (Lipinski definition) is 2. The second-order valence-corrected chi connectivity index (χ2v) is 7.04. The molecule has 2 N–H and O–H groups in total. The molecule has 0 spiro atoms. The molecule has 6 heteroatoms. The topological polar surface area (TPSA) is 67.0 Å². The quantitative estimate of drug-likeness (QED) is 0.693. The molecule has 1 aromatic heterocycles. The van der Waals surface area contributed by atoms with Crippen LogP contribution in [0.3, 0.4) is 0 Å². The molecule has 0 unspecified atom stereocenters. The zero-order valence-corrected chi connectivity index (χ0v) is 15.5. The van der Waals surface area contributed by atoms with E-state index in [9.17, 15) is 9.18 Å². The molecule has 1 heterocycles. The second kappa shape index (κ2) is 7.61. The minimum Gasteiger partial charge on any atom is -0.497 e. The molecule has 3 rings (SSSR count). The maximum Gasteiger partial charge on any atom is 0.269 e. The van der Waals surface area contributed by atoms with Gasteiger partial charge in [0, 0.05) is 11.1 Å². The maximum atomic E-state index is 13.1. The third kappa shape index (κ3) is 4.73. The Labute approximate surface area is 157 Å². The highest BCUT2D eigenvalue weighted by atomic mass is 19.1. The summed E-state index contributed by atoms with van der Waals surface area (Å²) < 4.78 is 18.3. The summed E-state index contributed by atoms with van der Waals surface area (Å²) in [4.78, 5) is 12.6. The average molecular weight is 367 g/mol. The number of nitrogens with one attached hydrogen (secondary N) is 2. The molecule has 0 fully saturated rings. The van der Waals surface area contributed by atoms with Crippen LogP contribution in [-0.4, -0.2) is 28.8 Å². The first-order chi connectivity index (χ1) is 12.9. The van der Waals surface area contributed by atoms with E-state index in [1.165, 1.54) is 12.1 Å². The van der Waals surface area contributed by atoms with Crippen molar-refractivity contribution in [3.8, 4) is 17.0 Å². The van der Waals surface area contributed by atoms with Crippen LogP contribution in [0.4, 0.5) is 4.39 Å². The number of carbonyl (C=O) groups excluding carboxylic acids is 1. The predicted molar refractivity (Wildman–Crippen MR) is 102 cm³/mol. The number of benzene rings is 2. The van der Waals surface area contributed by atoms with Crippen LogP contribution in [0.25, 0.3) is 11.3 Å². The predicted octanol–water partition coefficient (Wildman–Crippen LogP) is 3.98. The van der Waals surface area contributed by atoms with E-state index in [1.54, 1.807) is 25.3 Å². The third-order valence-corrected chi connectivity index (χ3v) is 4.20. The fourth-order valence-corrected chi connectivity index (χ4v) is 2.90. The van der Waals surface area contributed by atoms with Gasteiger partial charge in [0.05, 0.1) is 12.8 Å². The van der Waals surface area contributed by atoms with E-state index < -0.39 is 5.54 Å². The minimum absolute atomic E-state index is 0.247. The number of amides is 1. The summed E-state index contributed by atoms with van der Waals surface area (Å²) >= 11 is 0. The van der Waals surface area contributed by atoms with E-state index in [0.29, 0.717) is 17.8 Å². The van der Waals surface area contributed by atoms with Gasteiger partial charge in [-0.05, 0) is 56.2 Å². The maximum absolute atomic E-state index is 13.1. The Morgan fingerprint density at radius 3 is 2.63 bits per heavy atom. The third-order valence-electron chi connectivity index (χ3n) is 4.20. The largest absolute Gasteiger partial charge is 0.497 e. The zero-order valence-electron chi connectivity index (χ0n) is 15.5. The Bertz CT molecular complexity index is 933. The highest BCUT2D eigenvalue weighted by Gasteiger charge is 2.23. The molecule has 0 saturated carbocycles. The van der Waals surface area contributed by atoms with Crippen LogP contribution in [0.2, 0.25) is 0 Å². The van der Waals surface area contributed by atoms with Gasteiger partial charge in [-0.2, -0.15) is 5.10 Å². The molecule has 0 aliphatic heterocycles. The monoisotopic (exact) mass is 367 g/mol. The van der Waals surface area contributed by atoms with E-state index in [-0.39, 0.29) is 11.7 Å². The normalized spacial score (nSPS) is 11.3. The Morgan fingerprint density at radius 1 is 1.19 bits per heavy atom. The number of rotatable bonds is 6. The van der Waals surface area contributed by atoms with Crippen molar-refractivity contribution in [2.24, 2.45) is 0 Å². The van der Waals surface area contributed by atoms with Gasteiger partial charge in [0.1, 0.15) is 17.3 Å². The summed E-state index contributed by atoms with van der Waals surface area (Å²) in [7, 11) is 1.60. The number of aromatic nitrogens is 2. The van der Waals surface area contributed by atoms with Crippen molar-refractivity contribution in [3.05, 3.63) is 71.7 Å². The molecule has 5 nitrogen and oxygen atoms in total. The van der Waals surface area contributed by atoms with Crippen LogP contribution in [0.5, 0.6) is 5.75 Å². The van der Waals surface area contributed by atoms with Crippen LogP contribution in [0.1, 0.15) is 29.9 Å². The number of carbonyl (C=O) groups is 1. The highest BCUT2D eigenvalue weighted by molar-refractivity contribution is 5.93. The van der Waals surface area contributed by atoms with Gasteiger partial charge < -0.3 is 10.1 Å². The van der Waals surface area contributed by atoms with Crippen molar-refractivity contribution < 1.29 is 13.9 Å². The molecular weight excluding hydrogens is 345 g/mol. The van der Waals surface area contributed by atoms with Gasteiger partial charge in [0.25, 0.3) is 5.91 Å². The van der Waals surface area contributed by atoms with Crippen molar-refractivity contribution in [2.45, 2.75) is 25.8 Å². The first-order valence-corrected chi connectivity index (χ1v) is 8.63. The minimum atomic E-state index is -0.504. The van der Waals surface area contributed by atoms with Crippen molar-refractivity contribution in [2.75, 3.05) is 7.11 Å². The molecule has 27 heavy (non-hydrogen) atoms. The Balaban J connectivity index is 1.70. The van der Waals surface area contributed by atoms with Gasteiger partial charge in [-0.3, -0.25) is 9.89 Å².